The second-order valence-electron chi connectivity index (χ2n) is 4.93. The van der Waals surface area contributed by atoms with Gasteiger partial charge in [-0.3, -0.25) is 9.69 Å². The van der Waals surface area contributed by atoms with Crippen LogP contribution in [0.4, 0.5) is 15.8 Å². The fraction of sp³-hybridized carbons (Fsp3) is 0.0667. The molecule has 24 heavy (non-hydrogen) atoms. The second-order valence-corrected chi connectivity index (χ2v) is 7.43. The summed E-state index contributed by atoms with van der Waals surface area (Å²) in [6.07, 6.45) is 0. The summed E-state index contributed by atoms with van der Waals surface area (Å²) in [5.41, 5.74) is 0.998. The molecule has 0 atom stereocenters. The molecule has 1 fully saturated rings. The highest BCUT2D eigenvalue weighted by Crippen LogP contribution is 2.29. The molecule has 1 aliphatic heterocycles. The van der Waals surface area contributed by atoms with Crippen LogP contribution in [-0.2, 0) is 14.8 Å². The Kier molecular flexibility index (Phi) is 4.39. The summed E-state index contributed by atoms with van der Waals surface area (Å²) >= 11 is 1.25. The van der Waals surface area contributed by atoms with Gasteiger partial charge in [-0.1, -0.05) is 11.8 Å². The van der Waals surface area contributed by atoms with Crippen LogP contribution in [-0.4, -0.2) is 25.2 Å². The lowest BCUT2D eigenvalue weighted by Gasteiger charge is -2.16. The first kappa shape index (κ1) is 16.6. The third kappa shape index (κ3) is 3.48. The quantitative estimate of drug-likeness (QED) is 0.903. The molecule has 1 heterocycles. The van der Waals surface area contributed by atoms with Crippen molar-refractivity contribution in [2.45, 2.75) is 4.90 Å². The number of amidine groups is 1. The fourth-order valence-electron chi connectivity index (χ4n) is 2.11. The largest absolute Gasteiger partial charge is 0.273 e. The highest BCUT2D eigenvalue weighted by molar-refractivity contribution is 8.15. The van der Waals surface area contributed by atoms with Crippen LogP contribution >= 0.6 is 11.8 Å². The second kappa shape index (κ2) is 6.34. The van der Waals surface area contributed by atoms with E-state index < -0.39 is 15.8 Å². The van der Waals surface area contributed by atoms with Crippen molar-refractivity contribution in [1.29, 1.82) is 0 Å². The smallest absolute Gasteiger partial charge is 0.243 e. The predicted molar refractivity (Wildman–Crippen MR) is 91.3 cm³/mol. The molecule has 9 heteroatoms. The Balaban J connectivity index is 1.93. The Morgan fingerprint density at radius 3 is 2.29 bits per heavy atom. The van der Waals surface area contributed by atoms with Crippen LogP contribution in [0, 0.1) is 5.82 Å². The number of hydrogen-bond acceptors (Lipinski definition) is 5. The van der Waals surface area contributed by atoms with E-state index in [1.165, 1.54) is 65.2 Å². The van der Waals surface area contributed by atoms with Crippen molar-refractivity contribution in [3.8, 4) is 0 Å². The van der Waals surface area contributed by atoms with E-state index >= 15 is 0 Å². The van der Waals surface area contributed by atoms with Gasteiger partial charge in [0.15, 0.2) is 5.17 Å². The van der Waals surface area contributed by atoms with E-state index in [2.05, 4.69) is 4.99 Å². The lowest BCUT2D eigenvalue weighted by molar-refractivity contribution is -0.115. The molecule has 0 spiro atoms. The summed E-state index contributed by atoms with van der Waals surface area (Å²) in [4.78, 5) is 17.8. The SMILES string of the molecule is NS(=O)(=O)c1ccc(N=C2SCC(=O)N2c2ccc(F)cc2)cc1. The Morgan fingerprint density at radius 2 is 1.71 bits per heavy atom. The molecule has 0 aromatic heterocycles. The maximum absolute atomic E-state index is 13.1. The van der Waals surface area contributed by atoms with Crippen LogP contribution in [0.15, 0.2) is 58.4 Å². The van der Waals surface area contributed by atoms with Crippen molar-refractivity contribution in [2.75, 3.05) is 10.7 Å². The number of nitrogens with zero attached hydrogens (tertiary/aromatic N) is 2. The average molecular weight is 365 g/mol. The van der Waals surface area contributed by atoms with Crippen LogP contribution in [0.5, 0.6) is 0 Å². The number of rotatable bonds is 3. The van der Waals surface area contributed by atoms with Gasteiger partial charge < -0.3 is 0 Å². The fourth-order valence-corrected chi connectivity index (χ4v) is 3.51. The van der Waals surface area contributed by atoms with E-state index in [0.29, 0.717) is 16.5 Å². The number of sulfonamides is 1. The van der Waals surface area contributed by atoms with E-state index in [9.17, 15) is 17.6 Å². The topological polar surface area (TPSA) is 92.8 Å². The average Bonchev–Trinajstić information content (AvgIpc) is 2.89. The zero-order valence-corrected chi connectivity index (χ0v) is 13.8. The van der Waals surface area contributed by atoms with E-state index in [4.69, 9.17) is 5.14 Å². The van der Waals surface area contributed by atoms with Gasteiger partial charge in [-0.25, -0.2) is 22.9 Å². The molecule has 2 aromatic carbocycles. The first-order valence-corrected chi connectivity index (χ1v) is 9.31. The van der Waals surface area contributed by atoms with Crippen molar-refractivity contribution >= 4 is 44.2 Å². The van der Waals surface area contributed by atoms with Gasteiger partial charge in [-0.15, -0.1) is 0 Å². The van der Waals surface area contributed by atoms with Gasteiger partial charge in [0.25, 0.3) is 0 Å². The van der Waals surface area contributed by atoms with Gasteiger partial charge in [-0.2, -0.15) is 0 Å². The summed E-state index contributed by atoms with van der Waals surface area (Å²) in [5, 5.41) is 5.49. The van der Waals surface area contributed by atoms with Crippen LogP contribution in [0.25, 0.3) is 0 Å². The Morgan fingerprint density at radius 1 is 1.08 bits per heavy atom. The number of anilines is 1. The summed E-state index contributed by atoms with van der Waals surface area (Å²) in [6, 6.07) is 11.2. The van der Waals surface area contributed by atoms with Gasteiger partial charge in [0.1, 0.15) is 5.82 Å². The van der Waals surface area contributed by atoms with E-state index in [0.717, 1.165) is 0 Å². The number of primary sulfonamides is 1. The number of aliphatic imine (C=N–C) groups is 1. The molecule has 0 radical (unpaired) electrons. The van der Waals surface area contributed by atoms with Crippen LogP contribution in [0.2, 0.25) is 0 Å². The van der Waals surface area contributed by atoms with Gasteiger partial charge in [-0.05, 0) is 48.5 Å². The Labute approximate surface area is 142 Å². The summed E-state index contributed by atoms with van der Waals surface area (Å²) in [7, 11) is -3.77. The predicted octanol–water partition coefficient (Wildman–Crippen LogP) is 2.24. The summed E-state index contributed by atoms with van der Waals surface area (Å²) in [6.45, 7) is 0. The zero-order valence-electron chi connectivity index (χ0n) is 12.2. The minimum absolute atomic E-state index is 0.0167. The Bertz CT molecular complexity index is 910. The normalized spacial score (nSPS) is 16.8. The van der Waals surface area contributed by atoms with E-state index in [1.807, 2.05) is 0 Å². The van der Waals surface area contributed by atoms with Gasteiger partial charge >= 0.3 is 0 Å². The molecule has 1 aliphatic rings. The first-order chi connectivity index (χ1) is 11.3. The molecule has 1 amide bonds. The molecule has 1 saturated heterocycles. The molecule has 0 saturated carbocycles. The van der Waals surface area contributed by atoms with Crippen molar-refractivity contribution in [3.05, 3.63) is 54.3 Å². The highest BCUT2D eigenvalue weighted by atomic mass is 32.2. The monoisotopic (exact) mass is 365 g/mol. The van der Waals surface area contributed by atoms with Gasteiger partial charge in [0.05, 0.1) is 22.0 Å². The number of hydrogen-bond donors (Lipinski definition) is 1. The number of amides is 1. The van der Waals surface area contributed by atoms with E-state index in [-0.39, 0.29) is 16.6 Å². The minimum atomic E-state index is -3.77. The number of carbonyl (C=O) groups is 1. The lowest BCUT2D eigenvalue weighted by atomic mass is 10.3. The number of benzene rings is 2. The maximum atomic E-state index is 13.1. The molecule has 2 aromatic rings. The highest BCUT2D eigenvalue weighted by Gasteiger charge is 2.29. The number of halogens is 1. The van der Waals surface area contributed by atoms with Crippen LogP contribution in [0.3, 0.4) is 0 Å². The number of nitrogens with two attached hydrogens (primary N) is 1. The molecular weight excluding hydrogens is 353 g/mol. The number of carbonyl (C=O) groups excluding carboxylic acids is 1. The molecule has 124 valence electrons. The molecule has 0 bridgehead atoms. The summed E-state index contributed by atoms with van der Waals surface area (Å²) in [5.74, 6) is -0.326. The molecule has 0 aliphatic carbocycles. The van der Waals surface area contributed by atoms with Crippen LogP contribution in [0.1, 0.15) is 0 Å². The maximum Gasteiger partial charge on any atom is 0.243 e. The molecule has 6 nitrogen and oxygen atoms in total. The molecular formula is C15H12FN3O3S2. The molecule has 0 unspecified atom stereocenters. The van der Waals surface area contributed by atoms with Crippen molar-refractivity contribution in [2.24, 2.45) is 10.1 Å². The third-order valence-electron chi connectivity index (χ3n) is 3.24. The van der Waals surface area contributed by atoms with Crippen molar-refractivity contribution < 1.29 is 17.6 Å². The first-order valence-electron chi connectivity index (χ1n) is 6.77. The molecule has 3 rings (SSSR count). The zero-order chi connectivity index (χ0) is 17.3. The standard InChI is InChI=1S/C15H12FN3O3S2/c16-10-1-5-12(6-2-10)19-14(20)9-23-15(19)18-11-3-7-13(8-4-11)24(17,21)22/h1-8H,9H2,(H2,17,21,22). The van der Waals surface area contributed by atoms with Crippen LogP contribution < -0.4 is 10.0 Å². The van der Waals surface area contributed by atoms with Crippen molar-refractivity contribution in [1.82, 2.24) is 0 Å². The minimum Gasteiger partial charge on any atom is -0.273 e. The Hall–Kier alpha value is -2.23. The van der Waals surface area contributed by atoms with Gasteiger partial charge in [0.2, 0.25) is 15.9 Å². The van der Waals surface area contributed by atoms with Gasteiger partial charge in [0, 0.05) is 0 Å². The molecule has 2 N–H and O–H groups in total. The summed E-state index contributed by atoms with van der Waals surface area (Å²) < 4.78 is 35.6. The lowest BCUT2D eigenvalue weighted by Crippen LogP contribution is -2.29. The number of thioether (sulfide) groups is 1. The van der Waals surface area contributed by atoms with Crippen molar-refractivity contribution in [3.63, 3.8) is 0 Å². The van der Waals surface area contributed by atoms with E-state index in [1.54, 1.807) is 0 Å². The third-order valence-corrected chi connectivity index (χ3v) is 5.09.